The molecule has 1 nitrogen and oxygen atoms in total. The first-order chi connectivity index (χ1) is 7.59. The zero-order chi connectivity index (χ0) is 11.6. The number of hydrogen-bond acceptors (Lipinski definition) is 1. The Kier molecular flexibility index (Phi) is 3.34. The molecule has 1 fully saturated rings. The number of benzene rings is 1. The molecule has 0 aliphatic heterocycles. The predicted molar refractivity (Wildman–Crippen MR) is 69.4 cm³/mol. The molecule has 0 heterocycles. The number of nitrogens with one attached hydrogen (secondary N) is 1. The fraction of sp³-hybridized carbons (Fsp3) is 0.600. The summed E-state index contributed by atoms with van der Waals surface area (Å²) in [5.74, 6) is 0. The Morgan fingerprint density at radius 3 is 2.69 bits per heavy atom. The Morgan fingerprint density at radius 2 is 2.06 bits per heavy atom. The second-order valence-corrected chi connectivity index (χ2v) is 5.74. The van der Waals surface area contributed by atoms with Crippen LogP contribution in [-0.2, 0) is 6.54 Å². The van der Waals surface area contributed by atoms with Gasteiger partial charge < -0.3 is 5.32 Å². The molecule has 0 aromatic heterocycles. The Balaban J connectivity index is 1.95. The van der Waals surface area contributed by atoms with Crippen molar-refractivity contribution in [1.82, 2.24) is 5.32 Å². The molecule has 2 rings (SSSR count). The van der Waals surface area contributed by atoms with Crippen LogP contribution in [0.25, 0.3) is 0 Å². The second kappa shape index (κ2) is 4.58. The van der Waals surface area contributed by atoms with Gasteiger partial charge in [-0.1, -0.05) is 44.5 Å². The van der Waals surface area contributed by atoms with Gasteiger partial charge in [0.05, 0.1) is 0 Å². The normalized spacial score (nSPS) is 23.6. The summed E-state index contributed by atoms with van der Waals surface area (Å²) < 4.78 is 0. The molecular weight excluding hydrogens is 194 g/mol. The Hall–Kier alpha value is -0.820. The smallest absolute Gasteiger partial charge is 0.0210 e. The van der Waals surface area contributed by atoms with Crippen molar-refractivity contribution in [2.45, 2.75) is 52.6 Å². The van der Waals surface area contributed by atoms with E-state index in [4.69, 9.17) is 0 Å². The van der Waals surface area contributed by atoms with Crippen LogP contribution in [0.4, 0.5) is 0 Å². The third kappa shape index (κ3) is 2.46. The van der Waals surface area contributed by atoms with Crippen molar-refractivity contribution in [1.29, 1.82) is 0 Å². The van der Waals surface area contributed by atoms with Gasteiger partial charge in [0.2, 0.25) is 0 Å². The van der Waals surface area contributed by atoms with E-state index in [0.29, 0.717) is 11.5 Å². The SMILES string of the molecule is Cc1ccccc1CNC1CCCC1(C)C. The molecule has 1 N–H and O–H groups in total. The lowest BCUT2D eigenvalue weighted by molar-refractivity contribution is 0.282. The lowest BCUT2D eigenvalue weighted by Crippen LogP contribution is -2.37. The van der Waals surface area contributed by atoms with Gasteiger partial charge in [-0.2, -0.15) is 0 Å². The summed E-state index contributed by atoms with van der Waals surface area (Å²) in [5.41, 5.74) is 3.30. The maximum atomic E-state index is 3.73. The molecule has 1 heteroatoms. The van der Waals surface area contributed by atoms with Crippen molar-refractivity contribution in [2.24, 2.45) is 5.41 Å². The molecule has 0 saturated heterocycles. The van der Waals surface area contributed by atoms with E-state index in [1.807, 2.05) is 0 Å². The second-order valence-electron chi connectivity index (χ2n) is 5.74. The maximum Gasteiger partial charge on any atom is 0.0210 e. The molecule has 1 aliphatic rings. The van der Waals surface area contributed by atoms with E-state index in [9.17, 15) is 0 Å². The van der Waals surface area contributed by atoms with Crippen LogP contribution in [0, 0.1) is 12.3 Å². The van der Waals surface area contributed by atoms with Crippen molar-refractivity contribution in [3.8, 4) is 0 Å². The van der Waals surface area contributed by atoms with E-state index in [2.05, 4.69) is 50.4 Å². The highest BCUT2D eigenvalue weighted by atomic mass is 14.9. The Morgan fingerprint density at radius 1 is 1.31 bits per heavy atom. The van der Waals surface area contributed by atoms with Gasteiger partial charge in [0, 0.05) is 12.6 Å². The zero-order valence-electron chi connectivity index (χ0n) is 10.7. The van der Waals surface area contributed by atoms with Crippen LogP contribution in [0.5, 0.6) is 0 Å². The molecule has 16 heavy (non-hydrogen) atoms. The summed E-state index contributed by atoms with van der Waals surface area (Å²) in [4.78, 5) is 0. The van der Waals surface area contributed by atoms with Crippen LogP contribution in [0.3, 0.4) is 0 Å². The molecule has 1 aromatic carbocycles. The van der Waals surface area contributed by atoms with Crippen molar-refractivity contribution in [2.75, 3.05) is 0 Å². The summed E-state index contributed by atoms with van der Waals surface area (Å²) in [5, 5.41) is 3.73. The van der Waals surface area contributed by atoms with Gasteiger partial charge in [-0.3, -0.25) is 0 Å². The molecule has 0 spiro atoms. The molecule has 88 valence electrons. The van der Waals surface area contributed by atoms with Gasteiger partial charge in [-0.25, -0.2) is 0 Å². The fourth-order valence-corrected chi connectivity index (χ4v) is 2.75. The van der Waals surface area contributed by atoms with E-state index in [-0.39, 0.29) is 0 Å². The van der Waals surface area contributed by atoms with Crippen molar-refractivity contribution in [3.63, 3.8) is 0 Å². The van der Waals surface area contributed by atoms with Crippen LogP contribution in [-0.4, -0.2) is 6.04 Å². The topological polar surface area (TPSA) is 12.0 Å². The minimum Gasteiger partial charge on any atom is -0.309 e. The summed E-state index contributed by atoms with van der Waals surface area (Å²) in [6.07, 6.45) is 4.07. The van der Waals surface area contributed by atoms with E-state index in [1.165, 1.54) is 30.4 Å². The van der Waals surface area contributed by atoms with Gasteiger partial charge in [0.15, 0.2) is 0 Å². The third-order valence-corrected chi connectivity index (χ3v) is 4.06. The molecule has 1 unspecified atom stereocenters. The average molecular weight is 217 g/mol. The zero-order valence-corrected chi connectivity index (χ0v) is 10.7. The van der Waals surface area contributed by atoms with Crippen LogP contribution in [0.2, 0.25) is 0 Å². The van der Waals surface area contributed by atoms with Gasteiger partial charge in [0.25, 0.3) is 0 Å². The monoisotopic (exact) mass is 217 g/mol. The van der Waals surface area contributed by atoms with Gasteiger partial charge in [0.1, 0.15) is 0 Å². The quantitative estimate of drug-likeness (QED) is 0.814. The first kappa shape index (κ1) is 11.7. The summed E-state index contributed by atoms with van der Waals surface area (Å²) in [6, 6.07) is 9.34. The molecule has 0 radical (unpaired) electrons. The number of rotatable bonds is 3. The molecule has 1 aliphatic carbocycles. The van der Waals surface area contributed by atoms with Crippen LogP contribution >= 0.6 is 0 Å². The first-order valence-electron chi connectivity index (χ1n) is 6.37. The van der Waals surface area contributed by atoms with Crippen LogP contribution < -0.4 is 5.32 Å². The summed E-state index contributed by atoms with van der Waals surface area (Å²) in [6.45, 7) is 7.97. The van der Waals surface area contributed by atoms with E-state index < -0.39 is 0 Å². The molecule has 0 bridgehead atoms. The van der Waals surface area contributed by atoms with Crippen LogP contribution in [0.1, 0.15) is 44.2 Å². The maximum absolute atomic E-state index is 3.73. The predicted octanol–water partition coefficient (Wildman–Crippen LogP) is 3.66. The van der Waals surface area contributed by atoms with E-state index in [0.717, 1.165) is 6.54 Å². The molecule has 0 amide bonds. The van der Waals surface area contributed by atoms with Crippen molar-refractivity contribution < 1.29 is 0 Å². The standard InChI is InChI=1S/C15H23N/c1-12-7-4-5-8-13(12)11-16-14-9-6-10-15(14,2)3/h4-5,7-8,14,16H,6,9-11H2,1-3H3. The van der Waals surface area contributed by atoms with E-state index in [1.54, 1.807) is 0 Å². The largest absolute Gasteiger partial charge is 0.309 e. The van der Waals surface area contributed by atoms with Crippen molar-refractivity contribution >= 4 is 0 Å². The fourth-order valence-electron chi connectivity index (χ4n) is 2.75. The Labute approximate surface area is 99.3 Å². The molecule has 1 saturated carbocycles. The highest BCUT2D eigenvalue weighted by Crippen LogP contribution is 2.37. The summed E-state index contributed by atoms with van der Waals surface area (Å²) in [7, 11) is 0. The molecular formula is C15H23N. The highest BCUT2D eigenvalue weighted by molar-refractivity contribution is 5.25. The molecule has 1 aromatic rings. The molecule has 1 atom stereocenters. The number of aryl methyl sites for hydroxylation is 1. The highest BCUT2D eigenvalue weighted by Gasteiger charge is 2.33. The summed E-state index contributed by atoms with van der Waals surface area (Å²) >= 11 is 0. The third-order valence-electron chi connectivity index (χ3n) is 4.06. The van der Waals surface area contributed by atoms with Gasteiger partial charge in [-0.15, -0.1) is 0 Å². The minimum absolute atomic E-state index is 0.475. The van der Waals surface area contributed by atoms with Gasteiger partial charge in [-0.05, 0) is 36.3 Å². The van der Waals surface area contributed by atoms with E-state index >= 15 is 0 Å². The van der Waals surface area contributed by atoms with Crippen LogP contribution in [0.15, 0.2) is 24.3 Å². The lowest BCUT2D eigenvalue weighted by atomic mass is 9.87. The van der Waals surface area contributed by atoms with Crippen molar-refractivity contribution in [3.05, 3.63) is 35.4 Å². The Bertz CT molecular complexity index is 354. The lowest BCUT2D eigenvalue weighted by Gasteiger charge is -2.28. The first-order valence-corrected chi connectivity index (χ1v) is 6.37. The minimum atomic E-state index is 0.475. The van der Waals surface area contributed by atoms with Gasteiger partial charge >= 0.3 is 0 Å². The number of hydrogen-bond donors (Lipinski definition) is 1. The average Bonchev–Trinajstić information content (AvgIpc) is 2.57.